The second-order valence-corrected chi connectivity index (χ2v) is 6.96. The number of nitrogen functional groups attached to an aromatic ring is 1. The van der Waals surface area contributed by atoms with Gasteiger partial charge in [-0.25, -0.2) is 0 Å². The molecular formula is C17H27N3. The number of anilines is 1. The van der Waals surface area contributed by atoms with Crippen molar-refractivity contribution in [2.24, 2.45) is 0 Å². The van der Waals surface area contributed by atoms with Gasteiger partial charge in [0.1, 0.15) is 0 Å². The maximum absolute atomic E-state index is 5.81. The van der Waals surface area contributed by atoms with Crippen molar-refractivity contribution in [2.75, 3.05) is 32.4 Å². The molecule has 0 radical (unpaired) electrons. The van der Waals surface area contributed by atoms with E-state index in [9.17, 15) is 0 Å². The molecule has 0 bridgehead atoms. The smallest absolute Gasteiger partial charge is 0.0314 e. The molecule has 2 N–H and O–H groups in total. The summed E-state index contributed by atoms with van der Waals surface area (Å²) in [6, 6.07) is 9.85. The fourth-order valence-electron chi connectivity index (χ4n) is 3.60. The van der Waals surface area contributed by atoms with Gasteiger partial charge in [0.05, 0.1) is 0 Å². The summed E-state index contributed by atoms with van der Waals surface area (Å²) in [6.07, 6.45) is 2.65. The number of rotatable bonds is 3. The summed E-state index contributed by atoms with van der Waals surface area (Å²) in [6.45, 7) is 8.27. The van der Waals surface area contributed by atoms with Gasteiger partial charge in [-0.3, -0.25) is 9.80 Å². The Labute approximate surface area is 122 Å². The van der Waals surface area contributed by atoms with Crippen LogP contribution in [0.3, 0.4) is 0 Å². The van der Waals surface area contributed by atoms with E-state index in [0.29, 0.717) is 17.5 Å². The van der Waals surface area contributed by atoms with Gasteiger partial charge in [0, 0.05) is 42.8 Å². The van der Waals surface area contributed by atoms with Crippen molar-refractivity contribution in [3.8, 4) is 0 Å². The van der Waals surface area contributed by atoms with Crippen LogP contribution in [0.1, 0.15) is 32.3 Å². The molecule has 20 heavy (non-hydrogen) atoms. The topological polar surface area (TPSA) is 32.5 Å². The Bertz CT molecular complexity index is 452. The molecule has 1 saturated heterocycles. The summed E-state index contributed by atoms with van der Waals surface area (Å²) in [4.78, 5) is 5.16. The van der Waals surface area contributed by atoms with Gasteiger partial charge in [-0.2, -0.15) is 0 Å². The van der Waals surface area contributed by atoms with Gasteiger partial charge in [0.15, 0.2) is 0 Å². The lowest BCUT2D eigenvalue weighted by atomic mass is 9.94. The monoisotopic (exact) mass is 273 g/mol. The Balaban J connectivity index is 1.70. The number of nitrogens with zero attached hydrogens (tertiary/aromatic N) is 2. The highest BCUT2D eigenvalue weighted by atomic mass is 15.3. The fraction of sp³-hybridized carbons (Fsp3) is 0.647. The van der Waals surface area contributed by atoms with Gasteiger partial charge in [-0.1, -0.05) is 12.1 Å². The van der Waals surface area contributed by atoms with Gasteiger partial charge in [0.2, 0.25) is 0 Å². The molecule has 1 aromatic carbocycles. The number of nitrogens with two attached hydrogens (primary N) is 1. The molecule has 0 amide bonds. The van der Waals surface area contributed by atoms with E-state index in [4.69, 9.17) is 5.73 Å². The minimum Gasteiger partial charge on any atom is -0.399 e. The Morgan fingerprint density at radius 2 is 1.65 bits per heavy atom. The van der Waals surface area contributed by atoms with Crippen LogP contribution in [0.4, 0.5) is 5.69 Å². The average molecular weight is 273 g/mol. The minimum absolute atomic E-state index is 0.406. The molecule has 1 heterocycles. The minimum atomic E-state index is 0.406. The third-order valence-electron chi connectivity index (χ3n) is 5.34. The van der Waals surface area contributed by atoms with E-state index in [-0.39, 0.29) is 0 Å². The highest BCUT2D eigenvalue weighted by Gasteiger charge is 2.46. The zero-order valence-electron chi connectivity index (χ0n) is 13.0. The van der Waals surface area contributed by atoms with Crippen molar-refractivity contribution >= 4 is 5.69 Å². The normalized spacial score (nSPS) is 30.4. The highest BCUT2D eigenvalue weighted by Crippen LogP contribution is 2.49. The van der Waals surface area contributed by atoms with E-state index >= 15 is 0 Å². The lowest BCUT2D eigenvalue weighted by Gasteiger charge is -2.43. The average Bonchev–Trinajstić information content (AvgIpc) is 3.17. The van der Waals surface area contributed by atoms with Crippen LogP contribution >= 0.6 is 0 Å². The lowest BCUT2D eigenvalue weighted by molar-refractivity contribution is 0.0545. The number of hydrogen-bond acceptors (Lipinski definition) is 3. The van der Waals surface area contributed by atoms with E-state index < -0.39 is 0 Å². The predicted molar refractivity (Wildman–Crippen MR) is 84.9 cm³/mol. The lowest BCUT2D eigenvalue weighted by Crippen LogP contribution is -2.56. The maximum Gasteiger partial charge on any atom is 0.0314 e. The molecule has 110 valence electrons. The Morgan fingerprint density at radius 1 is 1.10 bits per heavy atom. The zero-order valence-corrected chi connectivity index (χ0v) is 13.0. The van der Waals surface area contributed by atoms with Gasteiger partial charge in [-0.15, -0.1) is 0 Å². The van der Waals surface area contributed by atoms with Gasteiger partial charge in [-0.05, 0) is 51.4 Å². The molecule has 1 aliphatic carbocycles. The first kappa shape index (κ1) is 13.9. The molecule has 2 fully saturated rings. The summed E-state index contributed by atoms with van der Waals surface area (Å²) in [7, 11) is 2.25. The Morgan fingerprint density at radius 3 is 2.15 bits per heavy atom. The summed E-state index contributed by atoms with van der Waals surface area (Å²) in [5.41, 5.74) is 8.56. The van der Waals surface area contributed by atoms with Crippen LogP contribution in [-0.4, -0.2) is 48.6 Å². The maximum atomic E-state index is 5.81. The van der Waals surface area contributed by atoms with Gasteiger partial charge in [0.25, 0.3) is 0 Å². The van der Waals surface area contributed by atoms with Gasteiger partial charge < -0.3 is 5.73 Å². The van der Waals surface area contributed by atoms with Crippen molar-refractivity contribution < 1.29 is 0 Å². The van der Waals surface area contributed by atoms with Crippen molar-refractivity contribution in [3.05, 3.63) is 29.8 Å². The molecule has 3 rings (SSSR count). The third kappa shape index (κ3) is 2.57. The molecule has 1 aromatic rings. The summed E-state index contributed by atoms with van der Waals surface area (Å²) < 4.78 is 0. The predicted octanol–water partition coefficient (Wildman–Crippen LogP) is 2.32. The molecule has 0 spiro atoms. The molecule has 2 atom stereocenters. The SMILES string of the molecule is CC1CN(CC2(c3ccc(N)cc3)CC2)CC(C)N1C. The highest BCUT2D eigenvalue weighted by molar-refractivity contribution is 5.43. The molecule has 2 aliphatic rings. The third-order valence-corrected chi connectivity index (χ3v) is 5.34. The van der Waals surface area contributed by atoms with Crippen LogP contribution < -0.4 is 5.73 Å². The quantitative estimate of drug-likeness (QED) is 0.858. The molecule has 3 heteroatoms. The first-order valence-electron chi connectivity index (χ1n) is 7.80. The summed E-state index contributed by atoms with van der Waals surface area (Å²) in [5.74, 6) is 0. The van der Waals surface area contributed by atoms with E-state index in [2.05, 4.69) is 42.8 Å². The number of benzene rings is 1. The van der Waals surface area contributed by atoms with E-state index in [0.717, 1.165) is 5.69 Å². The number of hydrogen-bond donors (Lipinski definition) is 1. The van der Waals surface area contributed by atoms with E-state index in [1.165, 1.54) is 38.0 Å². The number of piperazine rings is 1. The first-order valence-corrected chi connectivity index (χ1v) is 7.80. The second-order valence-electron chi connectivity index (χ2n) is 6.96. The standard InChI is InChI=1S/C17H27N3/c1-13-10-20(11-14(2)19(13)3)12-17(8-9-17)15-4-6-16(18)7-5-15/h4-7,13-14H,8-12,18H2,1-3H3. The van der Waals surface area contributed by atoms with Crippen LogP contribution in [0.25, 0.3) is 0 Å². The van der Waals surface area contributed by atoms with Gasteiger partial charge >= 0.3 is 0 Å². The molecule has 3 nitrogen and oxygen atoms in total. The Hall–Kier alpha value is -1.06. The molecule has 0 aromatic heterocycles. The Kier molecular flexibility index (Phi) is 3.51. The van der Waals surface area contributed by atoms with Crippen molar-refractivity contribution in [2.45, 2.75) is 44.2 Å². The van der Waals surface area contributed by atoms with Crippen LogP contribution in [0.15, 0.2) is 24.3 Å². The zero-order chi connectivity index (χ0) is 14.3. The fourth-order valence-corrected chi connectivity index (χ4v) is 3.60. The van der Waals surface area contributed by atoms with E-state index in [1.54, 1.807) is 0 Å². The van der Waals surface area contributed by atoms with Crippen molar-refractivity contribution in [1.29, 1.82) is 0 Å². The molecule has 2 unspecified atom stereocenters. The molecule has 1 saturated carbocycles. The largest absolute Gasteiger partial charge is 0.399 e. The molecular weight excluding hydrogens is 246 g/mol. The van der Waals surface area contributed by atoms with Crippen molar-refractivity contribution in [1.82, 2.24) is 9.80 Å². The van der Waals surface area contributed by atoms with Crippen molar-refractivity contribution in [3.63, 3.8) is 0 Å². The number of likely N-dealkylation sites (N-methyl/N-ethyl adjacent to an activating group) is 1. The van der Waals surface area contributed by atoms with Crippen LogP contribution in [0.2, 0.25) is 0 Å². The molecule has 1 aliphatic heterocycles. The first-order chi connectivity index (χ1) is 9.50. The second kappa shape index (κ2) is 5.05. The van der Waals surface area contributed by atoms with Crippen LogP contribution in [-0.2, 0) is 5.41 Å². The van der Waals surface area contributed by atoms with E-state index in [1.807, 2.05) is 12.1 Å². The summed E-state index contributed by atoms with van der Waals surface area (Å²) in [5, 5.41) is 0. The van der Waals surface area contributed by atoms with Crippen LogP contribution in [0.5, 0.6) is 0 Å². The summed E-state index contributed by atoms with van der Waals surface area (Å²) >= 11 is 0. The van der Waals surface area contributed by atoms with Crippen LogP contribution in [0, 0.1) is 0 Å².